The second-order valence-corrected chi connectivity index (χ2v) is 17.8. The van der Waals surface area contributed by atoms with Gasteiger partial charge in [0.05, 0.1) is 39.9 Å². The molecule has 0 aromatic carbocycles. The number of allylic oxidation sites excluding steroid dienone is 1. The molecule has 0 rings (SSSR count). The highest BCUT2D eigenvalue weighted by molar-refractivity contribution is 7.45. The second-order valence-electron chi connectivity index (χ2n) is 16.4. The molecule has 0 saturated heterocycles. The third kappa shape index (κ3) is 37.6. The maximum Gasteiger partial charge on any atom is 0.268 e. The van der Waals surface area contributed by atoms with Crippen molar-refractivity contribution in [3.05, 3.63) is 12.2 Å². The van der Waals surface area contributed by atoms with E-state index >= 15 is 0 Å². The Bertz CT molecular complexity index is 865. The quantitative estimate of drug-likeness (QED) is 0.0279. The Morgan fingerprint density at radius 1 is 0.654 bits per heavy atom. The van der Waals surface area contributed by atoms with E-state index in [-0.39, 0.29) is 19.1 Å². The second kappa shape index (κ2) is 35.9. The lowest BCUT2D eigenvalue weighted by Crippen LogP contribution is -2.45. The fourth-order valence-electron chi connectivity index (χ4n) is 6.45. The molecule has 0 aliphatic heterocycles. The molecule has 3 atom stereocenters. The van der Waals surface area contributed by atoms with Gasteiger partial charge in [-0.05, 0) is 19.3 Å². The molecule has 0 fully saturated rings. The average Bonchev–Trinajstić information content (AvgIpc) is 3.09. The molecule has 0 spiro atoms. The van der Waals surface area contributed by atoms with Gasteiger partial charge in [0.1, 0.15) is 13.2 Å². The molecule has 0 radical (unpaired) electrons. The SMILES string of the molecule is CCCCCCCCC/C=C/[C@@H](O)[C@H](COP(=O)([O-])OCC[N+](C)(C)C)NC(=O)CCCCCCCCCCCCCCCCCCCCCCC. The van der Waals surface area contributed by atoms with Crippen LogP contribution in [0.25, 0.3) is 0 Å². The summed E-state index contributed by atoms with van der Waals surface area (Å²) in [6.45, 7) is 4.63. The fraction of sp³-hybridized carbons (Fsp3) is 0.930. The topological polar surface area (TPSA) is 108 Å². The van der Waals surface area contributed by atoms with Crippen molar-refractivity contribution in [2.75, 3.05) is 40.9 Å². The summed E-state index contributed by atoms with van der Waals surface area (Å²) in [6.07, 6.45) is 39.8. The van der Waals surface area contributed by atoms with Crippen LogP contribution in [0, 0.1) is 0 Å². The largest absolute Gasteiger partial charge is 0.756 e. The van der Waals surface area contributed by atoms with E-state index in [1.807, 2.05) is 27.2 Å². The number of phosphoric ester groups is 1. The lowest BCUT2D eigenvalue weighted by atomic mass is 10.0. The minimum absolute atomic E-state index is 0.00167. The van der Waals surface area contributed by atoms with E-state index in [1.165, 1.54) is 148 Å². The lowest BCUT2D eigenvalue weighted by molar-refractivity contribution is -0.870. The van der Waals surface area contributed by atoms with Crippen molar-refractivity contribution in [3.8, 4) is 0 Å². The van der Waals surface area contributed by atoms with E-state index < -0.39 is 20.0 Å². The van der Waals surface area contributed by atoms with Crippen LogP contribution in [0.1, 0.15) is 206 Å². The minimum atomic E-state index is -4.57. The van der Waals surface area contributed by atoms with Crippen molar-refractivity contribution in [2.45, 2.75) is 219 Å². The van der Waals surface area contributed by atoms with Gasteiger partial charge >= 0.3 is 0 Å². The first-order valence-corrected chi connectivity index (χ1v) is 23.5. The van der Waals surface area contributed by atoms with Crippen molar-refractivity contribution in [2.24, 2.45) is 0 Å². The summed E-state index contributed by atoms with van der Waals surface area (Å²) in [7, 11) is 1.27. The van der Waals surface area contributed by atoms with Gasteiger partial charge in [0.15, 0.2) is 0 Å². The van der Waals surface area contributed by atoms with Crippen molar-refractivity contribution in [1.29, 1.82) is 0 Å². The van der Waals surface area contributed by atoms with E-state index in [0.29, 0.717) is 17.4 Å². The molecule has 0 aromatic rings. The van der Waals surface area contributed by atoms with Gasteiger partial charge in [-0.3, -0.25) is 9.36 Å². The molecule has 52 heavy (non-hydrogen) atoms. The summed E-state index contributed by atoms with van der Waals surface area (Å²) >= 11 is 0. The molecule has 0 aliphatic rings. The molecule has 1 unspecified atom stereocenters. The Labute approximate surface area is 322 Å². The van der Waals surface area contributed by atoms with E-state index in [2.05, 4.69) is 19.2 Å². The van der Waals surface area contributed by atoms with Crippen LogP contribution in [-0.2, 0) is 18.4 Å². The number of carbonyl (C=O) groups is 1. The maximum absolute atomic E-state index is 12.8. The van der Waals surface area contributed by atoms with Gasteiger partial charge in [-0.15, -0.1) is 0 Å². The number of nitrogens with one attached hydrogen (secondary N) is 1. The minimum Gasteiger partial charge on any atom is -0.756 e. The Kier molecular flexibility index (Phi) is 35.4. The number of hydrogen-bond acceptors (Lipinski definition) is 6. The van der Waals surface area contributed by atoms with Gasteiger partial charge < -0.3 is 28.8 Å². The molecule has 2 N–H and O–H groups in total. The third-order valence-corrected chi connectivity index (χ3v) is 11.0. The maximum atomic E-state index is 12.8. The number of unbranched alkanes of at least 4 members (excludes halogenated alkanes) is 27. The van der Waals surface area contributed by atoms with Gasteiger partial charge in [-0.25, -0.2) is 0 Å². The zero-order valence-electron chi connectivity index (χ0n) is 35.0. The smallest absolute Gasteiger partial charge is 0.268 e. The number of hydrogen-bond donors (Lipinski definition) is 2. The van der Waals surface area contributed by atoms with E-state index in [0.717, 1.165) is 38.5 Å². The summed E-state index contributed by atoms with van der Waals surface area (Å²) < 4.78 is 23.1. The van der Waals surface area contributed by atoms with Crippen LogP contribution in [0.4, 0.5) is 0 Å². The zero-order valence-corrected chi connectivity index (χ0v) is 35.9. The van der Waals surface area contributed by atoms with Gasteiger partial charge in [0, 0.05) is 6.42 Å². The van der Waals surface area contributed by atoms with Gasteiger partial charge in [0.25, 0.3) is 7.82 Å². The first-order chi connectivity index (χ1) is 25.0. The standard InChI is InChI=1S/C43H87N2O6P/c1-6-8-10-12-14-16-17-18-19-20-21-22-23-24-25-26-27-29-31-33-35-37-43(47)44-41(40-51-52(48,49)50-39-38-45(3,4)5)42(46)36-34-32-30-28-15-13-11-9-7-2/h34,36,41-42,46H,6-33,35,37-40H2,1-5H3,(H-,44,47,48,49)/b36-34+/t41-,42+/m0/s1. The number of likely N-dealkylation sites (N-methyl/N-ethyl adjacent to an activating group) is 1. The van der Waals surface area contributed by atoms with E-state index in [1.54, 1.807) is 6.08 Å². The van der Waals surface area contributed by atoms with Gasteiger partial charge in [-0.1, -0.05) is 193 Å². The normalized spacial score (nSPS) is 14.5. The lowest BCUT2D eigenvalue weighted by Gasteiger charge is -2.29. The molecule has 8 nitrogen and oxygen atoms in total. The molecule has 0 bridgehead atoms. The number of amides is 1. The van der Waals surface area contributed by atoms with Crippen LogP contribution in [0.2, 0.25) is 0 Å². The van der Waals surface area contributed by atoms with Crippen LogP contribution in [0.15, 0.2) is 12.2 Å². The zero-order chi connectivity index (χ0) is 38.6. The molecule has 0 aromatic heterocycles. The molecule has 1 amide bonds. The van der Waals surface area contributed by atoms with Crippen LogP contribution in [0.3, 0.4) is 0 Å². The van der Waals surface area contributed by atoms with Crippen LogP contribution in [0.5, 0.6) is 0 Å². The van der Waals surface area contributed by atoms with Crippen molar-refractivity contribution >= 4 is 13.7 Å². The molecular formula is C43H87N2O6P. The Balaban J connectivity index is 4.21. The predicted octanol–water partition coefficient (Wildman–Crippen LogP) is 11.3. The molecule has 0 heterocycles. The monoisotopic (exact) mass is 759 g/mol. The number of aliphatic hydroxyl groups excluding tert-OH is 1. The predicted molar refractivity (Wildman–Crippen MR) is 219 cm³/mol. The van der Waals surface area contributed by atoms with Crippen molar-refractivity contribution in [3.63, 3.8) is 0 Å². The number of carbonyl (C=O) groups excluding carboxylic acids is 1. The number of phosphoric acid groups is 1. The fourth-order valence-corrected chi connectivity index (χ4v) is 7.17. The van der Waals surface area contributed by atoms with E-state index in [9.17, 15) is 19.4 Å². The van der Waals surface area contributed by atoms with Crippen molar-refractivity contribution in [1.82, 2.24) is 5.32 Å². The number of rotatable bonds is 40. The molecular weight excluding hydrogens is 671 g/mol. The summed E-state index contributed by atoms with van der Waals surface area (Å²) in [5.74, 6) is -0.197. The van der Waals surface area contributed by atoms with Crippen LogP contribution in [-0.4, -0.2) is 68.5 Å². The first kappa shape index (κ1) is 51.2. The highest BCUT2D eigenvalue weighted by Gasteiger charge is 2.23. The van der Waals surface area contributed by atoms with Gasteiger partial charge in [-0.2, -0.15) is 0 Å². The van der Waals surface area contributed by atoms with Crippen LogP contribution >= 0.6 is 7.82 Å². The summed E-state index contributed by atoms with van der Waals surface area (Å²) in [4.78, 5) is 25.2. The molecule has 0 aliphatic carbocycles. The Hall–Kier alpha value is -0.760. The van der Waals surface area contributed by atoms with Gasteiger partial charge in [0.2, 0.25) is 5.91 Å². The van der Waals surface area contributed by atoms with Crippen LogP contribution < -0.4 is 10.2 Å². The number of nitrogens with zero attached hydrogens (tertiary/aromatic N) is 1. The average molecular weight is 759 g/mol. The summed E-state index contributed by atoms with van der Waals surface area (Å²) in [6, 6.07) is -0.878. The highest BCUT2D eigenvalue weighted by atomic mass is 31.2. The Morgan fingerprint density at radius 2 is 1.04 bits per heavy atom. The van der Waals surface area contributed by atoms with Crippen molar-refractivity contribution < 1.29 is 32.9 Å². The molecule has 310 valence electrons. The molecule has 0 saturated carbocycles. The first-order valence-electron chi connectivity index (χ1n) is 22.1. The number of aliphatic hydroxyl groups is 1. The Morgan fingerprint density at radius 3 is 1.44 bits per heavy atom. The summed E-state index contributed by atoms with van der Waals surface area (Å²) in [5.41, 5.74) is 0. The number of quaternary nitrogens is 1. The van der Waals surface area contributed by atoms with E-state index in [4.69, 9.17) is 9.05 Å². The summed E-state index contributed by atoms with van der Waals surface area (Å²) in [5, 5.41) is 13.7. The molecule has 9 heteroatoms. The third-order valence-electron chi connectivity index (χ3n) is 10.00. The highest BCUT2D eigenvalue weighted by Crippen LogP contribution is 2.38.